The molecule has 9 heteroatoms. The van der Waals surface area contributed by atoms with Crippen LogP contribution in [0.15, 0.2) is 35.7 Å². The SMILES string of the molecule is C=Cn1nn[n+](C)c1N.Cc1ccc(S(=O)(=O)[O-])cc1. The number of nitrogens with zero attached hydrogens (tertiary/aromatic N) is 4. The van der Waals surface area contributed by atoms with Gasteiger partial charge in [-0.2, -0.15) is 0 Å². The highest BCUT2D eigenvalue weighted by Gasteiger charge is 2.07. The van der Waals surface area contributed by atoms with E-state index in [2.05, 4.69) is 17.0 Å². The second-order valence-corrected chi connectivity index (χ2v) is 5.23. The van der Waals surface area contributed by atoms with Crippen molar-refractivity contribution in [2.45, 2.75) is 11.8 Å². The molecule has 0 aliphatic carbocycles. The first kappa shape index (κ1) is 15.8. The standard InChI is InChI=1S/C7H8O3S.C4H7N5/c1-6-2-4-7(5-3-6)11(8,9)10;1-3-9-4(5)8(2)6-7-9/h2-5H,1H3,(H,8,9,10);3,5H,1H2,2H3. The van der Waals surface area contributed by atoms with Crippen molar-refractivity contribution < 1.29 is 17.7 Å². The van der Waals surface area contributed by atoms with E-state index in [-0.39, 0.29) is 4.90 Å². The maximum atomic E-state index is 10.4. The maximum absolute atomic E-state index is 10.4. The van der Waals surface area contributed by atoms with Gasteiger partial charge >= 0.3 is 5.95 Å². The summed E-state index contributed by atoms with van der Waals surface area (Å²) in [5.41, 5.74) is 6.37. The topological polar surface area (TPSA) is 118 Å². The molecule has 0 amide bonds. The van der Waals surface area contributed by atoms with Crippen LogP contribution in [-0.4, -0.2) is 28.1 Å². The van der Waals surface area contributed by atoms with Crippen molar-refractivity contribution in [3.63, 3.8) is 0 Å². The number of aromatic nitrogens is 4. The van der Waals surface area contributed by atoms with Crippen LogP contribution in [0, 0.1) is 6.92 Å². The zero-order valence-electron chi connectivity index (χ0n) is 11.1. The monoisotopic (exact) mass is 297 g/mol. The van der Waals surface area contributed by atoms with Gasteiger partial charge in [0.1, 0.15) is 15.3 Å². The van der Waals surface area contributed by atoms with Crippen molar-refractivity contribution in [3.05, 3.63) is 36.4 Å². The summed E-state index contributed by atoms with van der Waals surface area (Å²) in [4.78, 5) is -0.178. The average molecular weight is 297 g/mol. The van der Waals surface area contributed by atoms with Gasteiger partial charge in [0.15, 0.2) is 0 Å². The molecule has 2 N–H and O–H groups in total. The predicted molar refractivity (Wildman–Crippen MR) is 71.1 cm³/mol. The Morgan fingerprint density at radius 1 is 1.40 bits per heavy atom. The molecular weight excluding hydrogens is 282 g/mol. The molecule has 20 heavy (non-hydrogen) atoms. The summed E-state index contributed by atoms with van der Waals surface area (Å²) >= 11 is 0. The van der Waals surface area contributed by atoms with Crippen molar-refractivity contribution in [1.29, 1.82) is 0 Å². The zero-order chi connectivity index (χ0) is 15.3. The highest BCUT2D eigenvalue weighted by molar-refractivity contribution is 7.85. The molecule has 1 heterocycles. The van der Waals surface area contributed by atoms with Crippen LogP contribution in [0.4, 0.5) is 5.95 Å². The van der Waals surface area contributed by atoms with E-state index in [0.29, 0.717) is 5.95 Å². The highest BCUT2D eigenvalue weighted by atomic mass is 32.2. The number of rotatable bonds is 2. The van der Waals surface area contributed by atoms with Crippen LogP contribution in [0.3, 0.4) is 0 Å². The minimum atomic E-state index is -4.27. The maximum Gasteiger partial charge on any atom is 0.366 e. The molecule has 0 aliphatic rings. The van der Waals surface area contributed by atoms with E-state index in [1.165, 1.54) is 27.7 Å². The average Bonchev–Trinajstić information content (AvgIpc) is 2.70. The van der Waals surface area contributed by atoms with Gasteiger partial charge in [-0.05, 0) is 19.1 Å². The first-order chi connectivity index (χ1) is 9.25. The Kier molecular flexibility index (Phi) is 4.94. The zero-order valence-corrected chi connectivity index (χ0v) is 11.9. The molecule has 2 aromatic rings. The van der Waals surface area contributed by atoms with Crippen LogP contribution >= 0.6 is 0 Å². The lowest BCUT2D eigenvalue weighted by Gasteiger charge is -2.05. The smallest absolute Gasteiger partial charge is 0.366 e. The summed E-state index contributed by atoms with van der Waals surface area (Å²) in [5, 5.41) is 7.24. The summed E-state index contributed by atoms with van der Waals surface area (Å²) in [6, 6.07) is 5.78. The van der Waals surface area contributed by atoms with E-state index in [9.17, 15) is 13.0 Å². The molecule has 0 unspecified atom stereocenters. The molecule has 0 bridgehead atoms. The molecule has 0 saturated carbocycles. The second-order valence-electron chi connectivity index (χ2n) is 3.86. The van der Waals surface area contributed by atoms with Crippen molar-refractivity contribution in [2.24, 2.45) is 7.05 Å². The molecule has 0 aliphatic heterocycles. The normalized spacial score (nSPS) is 10.6. The van der Waals surface area contributed by atoms with Gasteiger partial charge < -0.3 is 10.3 Å². The summed E-state index contributed by atoms with van der Waals surface area (Å²) < 4.78 is 34.0. The first-order valence-electron chi connectivity index (χ1n) is 5.48. The molecular formula is C11H15N5O3S. The molecule has 0 fully saturated rings. The Balaban J connectivity index is 0.000000204. The van der Waals surface area contributed by atoms with Gasteiger partial charge in [0.05, 0.1) is 23.4 Å². The van der Waals surface area contributed by atoms with Crippen molar-refractivity contribution in [3.8, 4) is 0 Å². The molecule has 0 radical (unpaired) electrons. The quantitative estimate of drug-likeness (QED) is 0.600. The fourth-order valence-corrected chi connectivity index (χ4v) is 1.65. The molecule has 8 nitrogen and oxygen atoms in total. The van der Waals surface area contributed by atoms with Gasteiger partial charge in [0.25, 0.3) is 0 Å². The van der Waals surface area contributed by atoms with E-state index in [1.54, 1.807) is 19.2 Å². The second kappa shape index (κ2) is 6.26. The Bertz CT molecular complexity index is 691. The van der Waals surface area contributed by atoms with E-state index in [4.69, 9.17) is 5.73 Å². The first-order valence-corrected chi connectivity index (χ1v) is 6.88. The van der Waals surface area contributed by atoms with Gasteiger partial charge in [-0.25, -0.2) is 8.42 Å². The lowest BCUT2D eigenvalue weighted by molar-refractivity contribution is -0.717. The van der Waals surface area contributed by atoms with Crippen LogP contribution in [0.1, 0.15) is 5.56 Å². The summed E-state index contributed by atoms with van der Waals surface area (Å²) in [7, 11) is -2.56. The summed E-state index contributed by atoms with van der Waals surface area (Å²) in [6.45, 7) is 5.29. The minimum Gasteiger partial charge on any atom is -0.744 e. The Hall–Kier alpha value is -2.26. The number of tetrazole rings is 1. The Morgan fingerprint density at radius 2 is 1.95 bits per heavy atom. The van der Waals surface area contributed by atoms with Crippen LogP contribution in [0.2, 0.25) is 0 Å². The number of hydrogen-bond acceptors (Lipinski definition) is 6. The van der Waals surface area contributed by atoms with E-state index in [0.717, 1.165) is 5.56 Å². The predicted octanol–water partition coefficient (Wildman–Crippen LogP) is -0.316. The minimum absolute atomic E-state index is 0.178. The highest BCUT2D eigenvalue weighted by Crippen LogP contribution is 2.08. The van der Waals surface area contributed by atoms with Crippen LogP contribution in [0.25, 0.3) is 6.20 Å². The number of aryl methyl sites for hydroxylation is 2. The lowest BCUT2D eigenvalue weighted by Crippen LogP contribution is -2.33. The number of hydrogen-bond donors (Lipinski definition) is 1. The van der Waals surface area contributed by atoms with Crippen LogP contribution < -0.4 is 10.4 Å². The van der Waals surface area contributed by atoms with Gasteiger partial charge in [-0.15, -0.1) is 4.68 Å². The third-order valence-corrected chi connectivity index (χ3v) is 3.17. The third kappa shape index (κ3) is 4.14. The van der Waals surface area contributed by atoms with Gasteiger partial charge in [0, 0.05) is 0 Å². The van der Waals surface area contributed by atoms with Crippen LogP contribution in [0.5, 0.6) is 0 Å². The molecule has 0 spiro atoms. The molecule has 2 rings (SSSR count). The molecule has 0 atom stereocenters. The van der Waals surface area contributed by atoms with Crippen LogP contribution in [-0.2, 0) is 17.2 Å². The largest absolute Gasteiger partial charge is 0.744 e. The fourth-order valence-electron chi connectivity index (χ4n) is 1.18. The molecule has 0 saturated heterocycles. The summed E-state index contributed by atoms with van der Waals surface area (Å²) in [5.74, 6) is 0.463. The van der Waals surface area contributed by atoms with E-state index in [1.807, 2.05) is 6.92 Å². The van der Waals surface area contributed by atoms with E-state index >= 15 is 0 Å². The van der Waals surface area contributed by atoms with Crippen molar-refractivity contribution >= 4 is 22.3 Å². The third-order valence-electron chi connectivity index (χ3n) is 2.32. The Morgan fingerprint density at radius 3 is 2.25 bits per heavy atom. The molecule has 1 aromatic heterocycles. The van der Waals surface area contributed by atoms with Gasteiger partial charge in [-0.3, -0.25) is 0 Å². The molecule has 108 valence electrons. The van der Waals surface area contributed by atoms with Gasteiger partial charge in [-0.1, -0.05) is 29.0 Å². The van der Waals surface area contributed by atoms with Crippen molar-refractivity contribution in [2.75, 3.05) is 5.73 Å². The number of nitrogen functional groups attached to an aromatic ring is 1. The molecule has 1 aromatic carbocycles. The lowest BCUT2D eigenvalue weighted by atomic mass is 10.2. The fraction of sp³-hybridized carbons (Fsp3) is 0.182. The van der Waals surface area contributed by atoms with E-state index < -0.39 is 10.1 Å². The number of nitrogens with two attached hydrogens (primary N) is 1. The number of benzene rings is 1. The number of anilines is 1. The van der Waals surface area contributed by atoms with Gasteiger partial charge in [0.2, 0.25) is 0 Å². The Labute approximate surface area is 116 Å². The van der Waals surface area contributed by atoms with Crippen molar-refractivity contribution in [1.82, 2.24) is 15.1 Å². The summed E-state index contributed by atoms with van der Waals surface area (Å²) in [6.07, 6.45) is 1.49.